The predicted molar refractivity (Wildman–Crippen MR) is 79.5 cm³/mol. The third-order valence-electron chi connectivity index (χ3n) is 3.41. The van der Waals surface area contributed by atoms with Crippen LogP contribution in [0.5, 0.6) is 0 Å². The number of nitrogens with zero attached hydrogens (tertiary/aromatic N) is 1. The first kappa shape index (κ1) is 12.7. The molecule has 18 heavy (non-hydrogen) atoms. The summed E-state index contributed by atoms with van der Waals surface area (Å²) in [4.78, 5) is 0. The van der Waals surface area contributed by atoms with Crippen molar-refractivity contribution in [1.82, 2.24) is 4.57 Å². The molecule has 1 aromatic heterocycles. The lowest BCUT2D eigenvalue weighted by atomic mass is 10.0. The topological polar surface area (TPSA) is 30.9 Å². The molecule has 2 rings (SSSR count). The van der Waals surface area contributed by atoms with Crippen LogP contribution in [-0.2, 0) is 13.5 Å². The number of rotatable bonds is 4. The van der Waals surface area contributed by atoms with Crippen molar-refractivity contribution in [3.63, 3.8) is 0 Å². The minimum atomic E-state index is 0.0229. The normalized spacial score (nSPS) is 12.6. The Bertz CT molecular complexity index is 605. The second-order valence-electron chi connectivity index (χ2n) is 4.90. The molecule has 0 aliphatic carbocycles. The van der Waals surface area contributed by atoms with Crippen molar-refractivity contribution in [3.05, 3.63) is 54.3 Å². The van der Waals surface area contributed by atoms with Gasteiger partial charge in [0.15, 0.2) is 0 Å². The average Bonchev–Trinajstić information content (AvgIpc) is 2.65. The Morgan fingerprint density at radius 1 is 1.50 bits per heavy atom. The molecule has 0 radical (unpaired) electrons. The highest BCUT2D eigenvalue weighted by molar-refractivity contribution is 5.86. The Morgan fingerprint density at radius 2 is 2.22 bits per heavy atom. The summed E-state index contributed by atoms with van der Waals surface area (Å²) in [6.45, 7) is 9.70. The van der Waals surface area contributed by atoms with E-state index in [1.165, 1.54) is 16.5 Å². The van der Waals surface area contributed by atoms with Gasteiger partial charge in [-0.15, -0.1) is 0 Å². The Kier molecular flexibility index (Phi) is 3.39. The van der Waals surface area contributed by atoms with Crippen LogP contribution in [0.2, 0.25) is 0 Å². The molecule has 2 nitrogen and oxygen atoms in total. The van der Waals surface area contributed by atoms with Crippen molar-refractivity contribution < 1.29 is 0 Å². The maximum Gasteiger partial charge on any atom is 0.0486 e. The molecule has 0 aliphatic rings. The first-order chi connectivity index (χ1) is 8.52. The highest BCUT2D eigenvalue weighted by atomic mass is 14.9. The highest BCUT2D eigenvalue weighted by Crippen LogP contribution is 2.24. The van der Waals surface area contributed by atoms with Crippen LogP contribution in [0, 0.1) is 0 Å². The van der Waals surface area contributed by atoms with Crippen LogP contribution in [-0.4, -0.2) is 10.6 Å². The van der Waals surface area contributed by atoms with Crippen molar-refractivity contribution in [2.45, 2.75) is 19.4 Å². The summed E-state index contributed by atoms with van der Waals surface area (Å²) in [7, 11) is 2.06. The van der Waals surface area contributed by atoms with Crippen molar-refractivity contribution in [3.8, 4) is 0 Å². The van der Waals surface area contributed by atoms with Gasteiger partial charge in [0.1, 0.15) is 0 Å². The van der Waals surface area contributed by atoms with Gasteiger partial charge in [0.2, 0.25) is 0 Å². The number of hydrogen-bond acceptors (Lipinski definition) is 1. The third-order valence-corrected chi connectivity index (χ3v) is 3.41. The molecule has 1 aromatic carbocycles. The molecule has 0 saturated heterocycles. The van der Waals surface area contributed by atoms with Crippen LogP contribution in [0.1, 0.15) is 18.1 Å². The van der Waals surface area contributed by atoms with Gasteiger partial charge in [0.05, 0.1) is 0 Å². The van der Waals surface area contributed by atoms with E-state index in [0.717, 1.165) is 17.6 Å². The molecule has 1 unspecified atom stereocenters. The van der Waals surface area contributed by atoms with E-state index in [4.69, 9.17) is 5.73 Å². The summed E-state index contributed by atoms with van der Waals surface area (Å²) < 4.78 is 2.14. The largest absolute Gasteiger partial charge is 0.350 e. The van der Waals surface area contributed by atoms with Crippen molar-refractivity contribution >= 4 is 17.0 Å². The Morgan fingerprint density at radius 3 is 2.83 bits per heavy atom. The molecule has 2 heteroatoms. The molecule has 0 spiro atoms. The van der Waals surface area contributed by atoms with E-state index < -0.39 is 0 Å². The lowest BCUT2D eigenvalue weighted by Crippen LogP contribution is -2.23. The number of nitrogens with two attached hydrogens (primary N) is 1. The van der Waals surface area contributed by atoms with Crippen LogP contribution in [0.3, 0.4) is 0 Å². The van der Waals surface area contributed by atoms with E-state index in [1.54, 1.807) is 0 Å². The monoisotopic (exact) mass is 240 g/mol. The SMILES string of the molecule is C=Cc1ccc2c(CC(N)C(=C)C)cn(C)c2c1. The van der Waals surface area contributed by atoms with Gasteiger partial charge >= 0.3 is 0 Å². The van der Waals surface area contributed by atoms with E-state index in [0.29, 0.717) is 0 Å². The zero-order valence-corrected chi connectivity index (χ0v) is 11.1. The smallest absolute Gasteiger partial charge is 0.0486 e. The molecule has 1 heterocycles. The van der Waals surface area contributed by atoms with Gasteiger partial charge in [-0.25, -0.2) is 0 Å². The zero-order valence-electron chi connectivity index (χ0n) is 11.1. The fourth-order valence-corrected chi connectivity index (χ4v) is 2.19. The van der Waals surface area contributed by atoms with E-state index >= 15 is 0 Å². The molecule has 1 atom stereocenters. The van der Waals surface area contributed by atoms with Crippen LogP contribution >= 0.6 is 0 Å². The fourth-order valence-electron chi connectivity index (χ4n) is 2.19. The standard InChI is InChI=1S/C16H20N2/c1-5-12-6-7-14-13(9-15(17)11(2)3)10-18(4)16(14)8-12/h5-8,10,15H,1-2,9,17H2,3-4H3. The summed E-state index contributed by atoms with van der Waals surface area (Å²) >= 11 is 0. The number of aromatic nitrogens is 1. The van der Waals surface area contributed by atoms with Crippen LogP contribution < -0.4 is 5.73 Å². The Balaban J connectivity index is 2.47. The predicted octanol–water partition coefficient (Wildman–Crippen LogP) is 3.27. The molecule has 2 N–H and O–H groups in total. The second-order valence-corrected chi connectivity index (χ2v) is 4.90. The lowest BCUT2D eigenvalue weighted by molar-refractivity contribution is 0.766. The van der Waals surface area contributed by atoms with Gasteiger partial charge in [-0.1, -0.05) is 36.9 Å². The number of benzene rings is 1. The van der Waals surface area contributed by atoms with Crippen molar-refractivity contribution in [2.75, 3.05) is 0 Å². The minimum Gasteiger partial charge on any atom is -0.350 e. The Labute approximate surface area is 108 Å². The summed E-state index contributed by atoms with van der Waals surface area (Å²) in [5.41, 5.74) is 10.7. The first-order valence-corrected chi connectivity index (χ1v) is 6.14. The average molecular weight is 240 g/mol. The summed E-state index contributed by atoms with van der Waals surface area (Å²) in [6, 6.07) is 6.41. The van der Waals surface area contributed by atoms with Gasteiger partial charge in [-0.2, -0.15) is 0 Å². The molecule has 2 aromatic rings. The van der Waals surface area contributed by atoms with Crippen molar-refractivity contribution in [2.24, 2.45) is 12.8 Å². The zero-order chi connectivity index (χ0) is 13.3. The third kappa shape index (κ3) is 2.24. The molecule has 0 fully saturated rings. The maximum absolute atomic E-state index is 6.08. The number of aryl methyl sites for hydroxylation is 1. The van der Waals surface area contributed by atoms with E-state index in [2.05, 4.69) is 49.2 Å². The van der Waals surface area contributed by atoms with Crippen LogP contribution in [0.15, 0.2) is 43.1 Å². The van der Waals surface area contributed by atoms with Crippen LogP contribution in [0.4, 0.5) is 0 Å². The minimum absolute atomic E-state index is 0.0229. The van der Waals surface area contributed by atoms with E-state index in [1.807, 2.05) is 13.0 Å². The molecule has 0 bridgehead atoms. The van der Waals surface area contributed by atoms with Gasteiger partial charge < -0.3 is 10.3 Å². The van der Waals surface area contributed by atoms with Crippen molar-refractivity contribution in [1.29, 1.82) is 0 Å². The second kappa shape index (κ2) is 4.83. The molecule has 0 amide bonds. The van der Waals surface area contributed by atoms with Gasteiger partial charge in [-0.3, -0.25) is 0 Å². The molecule has 94 valence electrons. The highest BCUT2D eigenvalue weighted by Gasteiger charge is 2.11. The van der Waals surface area contributed by atoms with E-state index in [-0.39, 0.29) is 6.04 Å². The first-order valence-electron chi connectivity index (χ1n) is 6.14. The van der Waals surface area contributed by atoms with Gasteiger partial charge in [0, 0.05) is 30.2 Å². The summed E-state index contributed by atoms with van der Waals surface area (Å²) in [5, 5.41) is 1.26. The van der Waals surface area contributed by atoms with E-state index in [9.17, 15) is 0 Å². The number of hydrogen-bond donors (Lipinski definition) is 1. The van der Waals surface area contributed by atoms with Crippen LogP contribution in [0.25, 0.3) is 17.0 Å². The maximum atomic E-state index is 6.08. The molecule has 0 saturated carbocycles. The van der Waals surface area contributed by atoms with Gasteiger partial charge in [0.25, 0.3) is 0 Å². The Hall–Kier alpha value is -1.80. The number of fused-ring (bicyclic) bond motifs is 1. The molecule has 0 aliphatic heterocycles. The quantitative estimate of drug-likeness (QED) is 0.817. The molecular formula is C16H20N2. The fraction of sp³-hybridized carbons (Fsp3) is 0.250. The summed E-state index contributed by atoms with van der Waals surface area (Å²) in [5.74, 6) is 0. The van der Waals surface area contributed by atoms with Gasteiger partial charge in [-0.05, 0) is 30.5 Å². The molecular weight excluding hydrogens is 220 g/mol. The summed E-state index contributed by atoms with van der Waals surface area (Å²) in [6.07, 6.45) is 4.85. The lowest BCUT2D eigenvalue weighted by Gasteiger charge is -2.10.